The number of aryl methyl sites for hydroxylation is 2. The van der Waals surface area contributed by atoms with E-state index < -0.39 is 10.8 Å². The first-order chi connectivity index (χ1) is 9.58. The topological polar surface area (TPSA) is 35.5 Å². The molecule has 2 aromatic carbocycles. The van der Waals surface area contributed by atoms with Gasteiger partial charge in [0.1, 0.15) is 0 Å². The van der Waals surface area contributed by atoms with E-state index in [1.54, 1.807) is 14.2 Å². The van der Waals surface area contributed by atoms with Crippen LogP contribution in [0.5, 0.6) is 11.5 Å². The van der Waals surface area contributed by atoms with Crippen LogP contribution in [0.25, 0.3) is 0 Å². The Hall–Kier alpha value is -1.81. The second kappa shape index (κ2) is 6.09. The summed E-state index contributed by atoms with van der Waals surface area (Å²) in [6, 6.07) is 11.4. The quantitative estimate of drug-likeness (QED) is 0.864. The Morgan fingerprint density at radius 1 is 0.900 bits per heavy atom. The third-order valence-electron chi connectivity index (χ3n) is 3.12. The molecular weight excluding hydrogens is 272 g/mol. The molecule has 0 aliphatic rings. The summed E-state index contributed by atoms with van der Waals surface area (Å²) in [5, 5.41) is 0. The van der Waals surface area contributed by atoms with Crippen LogP contribution in [0.4, 0.5) is 0 Å². The molecule has 20 heavy (non-hydrogen) atoms. The summed E-state index contributed by atoms with van der Waals surface area (Å²) >= 11 is 0. The molecule has 0 saturated carbocycles. The van der Waals surface area contributed by atoms with Crippen LogP contribution in [0.2, 0.25) is 0 Å². The number of hydrogen-bond donors (Lipinski definition) is 0. The fraction of sp³-hybridized carbons (Fsp3) is 0.250. The standard InChI is InChI=1S/C16H18O3S/c1-11-5-8-13(9-6-11)20(17)16-12(2)7-10-14(18-3)15(16)19-4/h5-10H,1-4H3/t20-/m0/s1. The van der Waals surface area contributed by atoms with E-state index in [9.17, 15) is 4.21 Å². The molecule has 0 aromatic heterocycles. The second-order valence-corrected chi connectivity index (χ2v) is 5.95. The van der Waals surface area contributed by atoms with Crippen molar-refractivity contribution in [1.82, 2.24) is 0 Å². The van der Waals surface area contributed by atoms with Crippen molar-refractivity contribution in [3.63, 3.8) is 0 Å². The summed E-state index contributed by atoms with van der Waals surface area (Å²) < 4.78 is 23.5. The lowest BCUT2D eigenvalue weighted by atomic mass is 10.2. The Labute approximate surface area is 122 Å². The van der Waals surface area contributed by atoms with Gasteiger partial charge in [-0.25, -0.2) is 4.21 Å². The first-order valence-corrected chi connectivity index (χ1v) is 7.43. The van der Waals surface area contributed by atoms with Crippen molar-refractivity contribution in [2.75, 3.05) is 14.2 Å². The Balaban J connectivity index is 2.56. The fourth-order valence-corrected chi connectivity index (χ4v) is 3.34. The average Bonchev–Trinajstić information content (AvgIpc) is 2.46. The molecule has 0 bridgehead atoms. The monoisotopic (exact) mass is 290 g/mol. The molecule has 0 aliphatic heterocycles. The third-order valence-corrected chi connectivity index (χ3v) is 4.70. The lowest BCUT2D eigenvalue weighted by Gasteiger charge is -2.14. The largest absolute Gasteiger partial charge is 0.493 e. The van der Waals surface area contributed by atoms with Crippen LogP contribution in [-0.2, 0) is 10.8 Å². The van der Waals surface area contributed by atoms with Gasteiger partial charge in [0, 0.05) is 4.90 Å². The van der Waals surface area contributed by atoms with Crippen molar-refractivity contribution in [2.24, 2.45) is 0 Å². The Morgan fingerprint density at radius 2 is 1.55 bits per heavy atom. The number of methoxy groups -OCH3 is 2. The van der Waals surface area contributed by atoms with Gasteiger partial charge in [0.25, 0.3) is 0 Å². The van der Waals surface area contributed by atoms with E-state index in [4.69, 9.17) is 9.47 Å². The molecular formula is C16H18O3S. The van der Waals surface area contributed by atoms with E-state index in [1.165, 1.54) is 0 Å². The van der Waals surface area contributed by atoms with Gasteiger partial charge in [0.2, 0.25) is 0 Å². The molecule has 0 unspecified atom stereocenters. The predicted octanol–water partition coefficient (Wildman–Crippen LogP) is 3.49. The van der Waals surface area contributed by atoms with Gasteiger partial charge < -0.3 is 9.47 Å². The number of rotatable bonds is 4. The van der Waals surface area contributed by atoms with Crippen molar-refractivity contribution < 1.29 is 13.7 Å². The molecule has 0 amide bonds. The van der Waals surface area contributed by atoms with Crippen LogP contribution in [0.15, 0.2) is 46.2 Å². The zero-order valence-corrected chi connectivity index (χ0v) is 12.9. The minimum Gasteiger partial charge on any atom is -0.493 e. The second-order valence-electron chi connectivity index (χ2n) is 4.53. The van der Waals surface area contributed by atoms with Gasteiger partial charge in [0.15, 0.2) is 11.5 Å². The highest BCUT2D eigenvalue weighted by Crippen LogP contribution is 2.37. The summed E-state index contributed by atoms with van der Waals surface area (Å²) in [5.41, 5.74) is 2.06. The van der Waals surface area contributed by atoms with E-state index in [0.29, 0.717) is 16.4 Å². The zero-order valence-electron chi connectivity index (χ0n) is 12.1. The van der Waals surface area contributed by atoms with Crippen molar-refractivity contribution >= 4 is 10.8 Å². The Morgan fingerprint density at radius 3 is 2.10 bits per heavy atom. The molecule has 106 valence electrons. The van der Waals surface area contributed by atoms with Crippen LogP contribution in [-0.4, -0.2) is 18.4 Å². The predicted molar refractivity (Wildman–Crippen MR) is 80.1 cm³/mol. The van der Waals surface area contributed by atoms with Crippen LogP contribution >= 0.6 is 0 Å². The summed E-state index contributed by atoms with van der Waals surface area (Å²) in [7, 11) is 1.84. The highest BCUT2D eigenvalue weighted by Gasteiger charge is 2.19. The van der Waals surface area contributed by atoms with Crippen molar-refractivity contribution in [2.45, 2.75) is 23.6 Å². The van der Waals surface area contributed by atoms with Crippen molar-refractivity contribution in [3.8, 4) is 11.5 Å². The van der Waals surface area contributed by atoms with Gasteiger partial charge in [-0.15, -0.1) is 0 Å². The van der Waals surface area contributed by atoms with Gasteiger partial charge in [-0.3, -0.25) is 0 Å². The minimum absolute atomic E-state index is 0.534. The maximum Gasteiger partial charge on any atom is 0.177 e. The fourth-order valence-electron chi connectivity index (χ4n) is 2.01. The summed E-state index contributed by atoms with van der Waals surface area (Å²) in [6.45, 7) is 3.92. The maximum absolute atomic E-state index is 12.8. The Bertz CT molecular complexity index is 633. The van der Waals surface area contributed by atoms with Crippen LogP contribution < -0.4 is 9.47 Å². The van der Waals surface area contributed by atoms with Crippen molar-refractivity contribution in [1.29, 1.82) is 0 Å². The van der Waals surface area contributed by atoms with E-state index in [1.807, 2.05) is 50.2 Å². The number of hydrogen-bond acceptors (Lipinski definition) is 3. The van der Waals surface area contributed by atoms with Gasteiger partial charge >= 0.3 is 0 Å². The highest BCUT2D eigenvalue weighted by molar-refractivity contribution is 7.85. The number of benzene rings is 2. The summed E-state index contributed by atoms with van der Waals surface area (Å²) in [4.78, 5) is 1.42. The van der Waals surface area contributed by atoms with Crippen LogP contribution in [0.3, 0.4) is 0 Å². The van der Waals surface area contributed by atoms with Gasteiger partial charge in [-0.05, 0) is 37.6 Å². The molecule has 0 heterocycles. The minimum atomic E-state index is -1.29. The number of ether oxygens (including phenoxy) is 2. The molecule has 0 aliphatic carbocycles. The first-order valence-electron chi connectivity index (χ1n) is 6.28. The molecule has 3 nitrogen and oxygen atoms in total. The van der Waals surface area contributed by atoms with Gasteiger partial charge in [-0.1, -0.05) is 23.8 Å². The molecule has 1 atom stereocenters. The van der Waals surface area contributed by atoms with Crippen LogP contribution in [0, 0.1) is 13.8 Å². The normalized spacial score (nSPS) is 12.0. The Kier molecular flexibility index (Phi) is 4.45. The molecule has 0 N–H and O–H groups in total. The van der Waals surface area contributed by atoms with E-state index >= 15 is 0 Å². The molecule has 2 rings (SSSR count). The van der Waals surface area contributed by atoms with Crippen molar-refractivity contribution in [3.05, 3.63) is 47.5 Å². The molecule has 2 aromatic rings. The van der Waals surface area contributed by atoms with Gasteiger partial charge in [0.05, 0.1) is 29.9 Å². The molecule has 0 fully saturated rings. The zero-order chi connectivity index (χ0) is 14.7. The summed E-state index contributed by atoms with van der Waals surface area (Å²) in [6.07, 6.45) is 0. The van der Waals surface area contributed by atoms with E-state index in [-0.39, 0.29) is 0 Å². The van der Waals surface area contributed by atoms with E-state index in [0.717, 1.165) is 16.0 Å². The molecule has 0 radical (unpaired) electrons. The molecule has 0 spiro atoms. The maximum atomic E-state index is 12.8. The average molecular weight is 290 g/mol. The lowest BCUT2D eigenvalue weighted by molar-refractivity contribution is 0.347. The first kappa shape index (κ1) is 14.6. The summed E-state index contributed by atoms with van der Waals surface area (Å²) in [5.74, 6) is 1.12. The van der Waals surface area contributed by atoms with E-state index in [2.05, 4.69) is 0 Å². The molecule has 4 heteroatoms. The SMILES string of the molecule is COc1ccc(C)c([S@@](=O)c2ccc(C)cc2)c1OC. The smallest absolute Gasteiger partial charge is 0.177 e. The highest BCUT2D eigenvalue weighted by atomic mass is 32.2. The van der Waals surface area contributed by atoms with Crippen LogP contribution in [0.1, 0.15) is 11.1 Å². The third kappa shape index (κ3) is 2.70. The molecule has 0 saturated heterocycles. The van der Waals surface area contributed by atoms with Gasteiger partial charge in [-0.2, -0.15) is 0 Å². The lowest BCUT2D eigenvalue weighted by Crippen LogP contribution is -2.02.